The molecule has 1 aliphatic rings. The summed E-state index contributed by atoms with van der Waals surface area (Å²) in [6.07, 6.45) is -4.84. The lowest BCUT2D eigenvalue weighted by Crippen LogP contribution is -2.48. The van der Waals surface area contributed by atoms with Gasteiger partial charge in [-0.1, -0.05) is 35.5 Å². The molecule has 0 N–H and O–H groups in total. The van der Waals surface area contributed by atoms with Crippen molar-refractivity contribution in [2.24, 2.45) is 0 Å². The molecule has 0 bridgehead atoms. The topological polar surface area (TPSA) is 85.5 Å². The van der Waals surface area contributed by atoms with E-state index in [0.717, 1.165) is 29.8 Å². The highest BCUT2D eigenvalue weighted by atomic mass is 32.2. The zero-order chi connectivity index (χ0) is 20.6. The fourth-order valence-electron chi connectivity index (χ4n) is 2.86. The lowest BCUT2D eigenvalue weighted by atomic mass is 10.0. The van der Waals surface area contributed by atoms with Crippen LogP contribution in [-0.4, -0.2) is 42.3 Å². The average Bonchev–Trinajstić information content (AvgIpc) is 3.10. The van der Waals surface area contributed by atoms with Crippen LogP contribution in [0.5, 0.6) is 5.75 Å². The molecule has 0 atom stereocenters. The van der Waals surface area contributed by atoms with Gasteiger partial charge in [0.1, 0.15) is 5.75 Å². The first-order valence-corrected chi connectivity index (χ1v) is 9.91. The highest BCUT2D eigenvalue weighted by Crippen LogP contribution is 2.33. The van der Waals surface area contributed by atoms with Crippen molar-refractivity contribution in [2.45, 2.75) is 17.2 Å². The van der Waals surface area contributed by atoms with E-state index in [1.165, 1.54) is 4.31 Å². The van der Waals surface area contributed by atoms with Gasteiger partial charge in [-0.25, -0.2) is 8.42 Å². The van der Waals surface area contributed by atoms with E-state index in [0.29, 0.717) is 11.7 Å². The molecule has 0 unspecified atom stereocenters. The van der Waals surface area contributed by atoms with Crippen LogP contribution in [0.2, 0.25) is 0 Å². The third-order valence-corrected chi connectivity index (χ3v) is 6.21. The Balaban J connectivity index is 1.42. The monoisotopic (exact) mass is 425 g/mol. The second-order valence-corrected chi connectivity index (χ2v) is 8.30. The summed E-state index contributed by atoms with van der Waals surface area (Å²) in [6.45, 7) is 0.277. The summed E-state index contributed by atoms with van der Waals surface area (Å²) >= 11 is 0. The maximum Gasteiger partial charge on any atom is 0.573 e. The van der Waals surface area contributed by atoms with Gasteiger partial charge in [0, 0.05) is 18.7 Å². The standard InChI is InChI=1S/C18H14F3N3O4S/c19-18(20,21)27-14-6-8-15(9-7-14)29(25,26)24-10-13(11-24)17-22-16(23-28-17)12-4-2-1-3-5-12/h1-9,13H,10-11H2. The molecule has 1 fully saturated rings. The van der Waals surface area contributed by atoms with Crippen LogP contribution in [0, 0.1) is 0 Å². The van der Waals surface area contributed by atoms with Crippen LogP contribution in [0.25, 0.3) is 11.4 Å². The second kappa shape index (κ2) is 7.16. The first kappa shape index (κ1) is 19.4. The molecule has 7 nitrogen and oxygen atoms in total. The molecule has 1 aromatic heterocycles. The number of nitrogens with zero attached hydrogens (tertiary/aromatic N) is 3. The molecule has 0 saturated carbocycles. The summed E-state index contributed by atoms with van der Waals surface area (Å²) in [5.74, 6) is 0.0196. The van der Waals surface area contributed by atoms with Crippen LogP contribution in [0.15, 0.2) is 64.0 Å². The predicted octanol–water partition coefficient (Wildman–Crippen LogP) is 3.42. The fraction of sp³-hybridized carbons (Fsp3) is 0.222. The van der Waals surface area contributed by atoms with Gasteiger partial charge in [-0.2, -0.15) is 9.29 Å². The Labute approximate surface area is 163 Å². The van der Waals surface area contributed by atoms with E-state index >= 15 is 0 Å². The molecule has 1 aliphatic heterocycles. The van der Waals surface area contributed by atoms with Gasteiger partial charge in [-0.3, -0.25) is 0 Å². The van der Waals surface area contributed by atoms with Crippen molar-refractivity contribution in [3.63, 3.8) is 0 Å². The molecule has 0 radical (unpaired) electrons. The quantitative estimate of drug-likeness (QED) is 0.623. The van der Waals surface area contributed by atoms with E-state index in [1.54, 1.807) is 0 Å². The number of ether oxygens (including phenoxy) is 1. The lowest BCUT2D eigenvalue weighted by Gasteiger charge is -2.35. The number of hydrogen-bond donors (Lipinski definition) is 0. The SMILES string of the molecule is O=S(=O)(c1ccc(OC(F)(F)F)cc1)N1CC(c2nc(-c3ccccc3)no2)C1. The van der Waals surface area contributed by atoms with E-state index in [2.05, 4.69) is 14.9 Å². The number of alkyl halides is 3. The maximum atomic E-state index is 12.6. The van der Waals surface area contributed by atoms with Crippen molar-refractivity contribution >= 4 is 10.0 Å². The van der Waals surface area contributed by atoms with Gasteiger partial charge in [-0.15, -0.1) is 13.2 Å². The molecule has 29 heavy (non-hydrogen) atoms. The van der Waals surface area contributed by atoms with Gasteiger partial charge in [-0.05, 0) is 24.3 Å². The molecule has 2 aromatic carbocycles. The summed E-state index contributed by atoms with van der Waals surface area (Å²) in [6, 6.07) is 13.3. The normalized spacial score (nSPS) is 15.8. The Morgan fingerprint density at radius 3 is 2.31 bits per heavy atom. The minimum Gasteiger partial charge on any atom is -0.406 e. The fourth-order valence-corrected chi connectivity index (χ4v) is 4.39. The largest absolute Gasteiger partial charge is 0.573 e. The van der Waals surface area contributed by atoms with Gasteiger partial charge in [0.2, 0.25) is 21.7 Å². The van der Waals surface area contributed by atoms with Gasteiger partial charge in [0.05, 0.1) is 10.8 Å². The minimum atomic E-state index is -4.84. The predicted molar refractivity (Wildman–Crippen MR) is 94.4 cm³/mol. The Bertz CT molecular complexity index is 1090. The zero-order valence-electron chi connectivity index (χ0n) is 14.7. The van der Waals surface area contributed by atoms with Crippen molar-refractivity contribution in [1.82, 2.24) is 14.4 Å². The summed E-state index contributed by atoms with van der Waals surface area (Å²) in [5, 5.41) is 3.91. The van der Waals surface area contributed by atoms with E-state index in [4.69, 9.17) is 4.52 Å². The van der Waals surface area contributed by atoms with Crippen LogP contribution in [-0.2, 0) is 10.0 Å². The van der Waals surface area contributed by atoms with Gasteiger partial charge in [0.25, 0.3) is 0 Å². The molecule has 11 heteroatoms. The Hall–Kier alpha value is -2.92. The number of hydrogen-bond acceptors (Lipinski definition) is 6. The van der Waals surface area contributed by atoms with Crippen LogP contribution in [0.4, 0.5) is 13.2 Å². The van der Waals surface area contributed by atoms with E-state index in [-0.39, 0.29) is 23.9 Å². The van der Waals surface area contributed by atoms with Crippen LogP contribution < -0.4 is 4.74 Å². The van der Waals surface area contributed by atoms with E-state index in [1.807, 2.05) is 30.3 Å². The van der Waals surface area contributed by atoms with Crippen LogP contribution >= 0.6 is 0 Å². The molecular formula is C18H14F3N3O4S. The van der Waals surface area contributed by atoms with Crippen molar-refractivity contribution in [1.29, 1.82) is 0 Å². The van der Waals surface area contributed by atoms with Crippen LogP contribution in [0.3, 0.4) is 0 Å². The molecule has 1 saturated heterocycles. The molecule has 4 rings (SSSR count). The van der Waals surface area contributed by atoms with Crippen molar-refractivity contribution < 1.29 is 30.8 Å². The zero-order valence-corrected chi connectivity index (χ0v) is 15.5. The summed E-state index contributed by atoms with van der Waals surface area (Å²) in [5.41, 5.74) is 0.785. The first-order chi connectivity index (χ1) is 13.7. The van der Waals surface area contributed by atoms with Gasteiger partial charge in [0.15, 0.2) is 0 Å². The number of halogens is 3. The van der Waals surface area contributed by atoms with Crippen LogP contribution in [0.1, 0.15) is 11.8 Å². The van der Waals surface area contributed by atoms with Gasteiger partial charge >= 0.3 is 6.36 Å². The number of sulfonamides is 1. The van der Waals surface area contributed by atoms with Crippen molar-refractivity contribution in [3.8, 4) is 17.1 Å². The number of rotatable bonds is 5. The van der Waals surface area contributed by atoms with Crippen molar-refractivity contribution in [2.75, 3.05) is 13.1 Å². The third kappa shape index (κ3) is 4.10. The van der Waals surface area contributed by atoms with E-state index < -0.39 is 22.1 Å². The molecular weight excluding hydrogens is 411 g/mol. The molecule has 0 spiro atoms. The Kier molecular flexibility index (Phi) is 4.79. The maximum absolute atomic E-state index is 12.6. The molecule has 3 aromatic rings. The second-order valence-electron chi connectivity index (χ2n) is 6.36. The summed E-state index contributed by atoms with van der Waals surface area (Å²) < 4.78 is 72.1. The Morgan fingerprint density at radius 1 is 1.03 bits per heavy atom. The lowest BCUT2D eigenvalue weighted by molar-refractivity contribution is -0.274. The minimum absolute atomic E-state index is 0.124. The highest BCUT2D eigenvalue weighted by molar-refractivity contribution is 7.89. The summed E-state index contributed by atoms with van der Waals surface area (Å²) in [7, 11) is -3.84. The molecule has 2 heterocycles. The summed E-state index contributed by atoms with van der Waals surface area (Å²) in [4.78, 5) is 4.19. The Morgan fingerprint density at radius 2 is 1.69 bits per heavy atom. The molecule has 152 valence electrons. The first-order valence-electron chi connectivity index (χ1n) is 8.47. The highest BCUT2D eigenvalue weighted by Gasteiger charge is 2.40. The smallest absolute Gasteiger partial charge is 0.406 e. The number of aromatic nitrogens is 2. The molecule has 0 aliphatic carbocycles. The van der Waals surface area contributed by atoms with E-state index in [9.17, 15) is 21.6 Å². The average molecular weight is 425 g/mol. The van der Waals surface area contributed by atoms with Gasteiger partial charge < -0.3 is 9.26 Å². The number of benzene rings is 2. The van der Waals surface area contributed by atoms with Crippen molar-refractivity contribution in [3.05, 3.63) is 60.5 Å². The molecule has 0 amide bonds. The third-order valence-electron chi connectivity index (χ3n) is 4.37.